The topological polar surface area (TPSA) is 81.2 Å². The molecule has 1 fully saturated rings. The smallest absolute Gasteiger partial charge is 0.248 e. The van der Waals surface area contributed by atoms with Crippen molar-refractivity contribution in [3.63, 3.8) is 0 Å². The molecule has 0 aliphatic heterocycles. The molecule has 0 atom stereocenters. The number of rotatable bonds is 6. The molecule has 0 spiro atoms. The second kappa shape index (κ2) is 5.43. The van der Waals surface area contributed by atoms with Crippen molar-refractivity contribution in [1.82, 2.24) is 14.1 Å². The summed E-state index contributed by atoms with van der Waals surface area (Å²) in [5, 5.41) is 6.00. The molecule has 2 heterocycles. The number of aryl methyl sites for hydroxylation is 1. The standard InChI is InChI=1S/C13H18N4O2S2/c1-2-16-9-12(13(14)15-16)21(18,19)17(10-5-6-10)8-11-4-3-7-20-11/h3-4,7,9-10H,2,5-6,8H2,1H3,(H2,14,15). The van der Waals surface area contributed by atoms with Crippen molar-refractivity contribution in [1.29, 1.82) is 0 Å². The van der Waals surface area contributed by atoms with Gasteiger partial charge in [-0.15, -0.1) is 11.3 Å². The number of aromatic nitrogens is 2. The van der Waals surface area contributed by atoms with Gasteiger partial charge in [-0.1, -0.05) is 6.07 Å². The van der Waals surface area contributed by atoms with Crippen LogP contribution in [0.4, 0.5) is 5.82 Å². The summed E-state index contributed by atoms with van der Waals surface area (Å²) in [5.41, 5.74) is 5.80. The van der Waals surface area contributed by atoms with Gasteiger partial charge in [-0.05, 0) is 31.2 Å². The zero-order valence-corrected chi connectivity index (χ0v) is 13.4. The van der Waals surface area contributed by atoms with Gasteiger partial charge < -0.3 is 5.73 Å². The maximum Gasteiger partial charge on any atom is 0.248 e. The van der Waals surface area contributed by atoms with Crippen molar-refractivity contribution in [3.05, 3.63) is 28.6 Å². The van der Waals surface area contributed by atoms with Crippen LogP contribution in [-0.4, -0.2) is 28.5 Å². The fourth-order valence-electron chi connectivity index (χ4n) is 2.23. The number of nitrogens with zero attached hydrogens (tertiary/aromatic N) is 3. The molecular weight excluding hydrogens is 308 g/mol. The highest BCUT2D eigenvalue weighted by molar-refractivity contribution is 7.89. The fraction of sp³-hybridized carbons (Fsp3) is 0.462. The molecule has 2 aromatic heterocycles. The van der Waals surface area contributed by atoms with E-state index in [1.807, 2.05) is 24.4 Å². The van der Waals surface area contributed by atoms with Crippen molar-refractivity contribution in [2.24, 2.45) is 0 Å². The molecule has 0 aromatic carbocycles. The molecule has 2 aromatic rings. The average Bonchev–Trinajstić information content (AvgIpc) is 2.99. The minimum Gasteiger partial charge on any atom is -0.381 e. The van der Waals surface area contributed by atoms with Crippen LogP contribution < -0.4 is 5.73 Å². The summed E-state index contributed by atoms with van der Waals surface area (Å²) in [7, 11) is -3.60. The van der Waals surface area contributed by atoms with Gasteiger partial charge in [-0.25, -0.2) is 8.42 Å². The molecule has 1 aliphatic carbocycles. The number of hydrogen-bond acceptors (Lipinski definition) is 5. The average molecular weight is 326 g/mol. The first kappa shape index (κ1) is 14.6. The first-order valence-corrected chi connectivity index (χ1v) is 9.21. The SMILES string of the molecule is CCn1cc(S(=O)(=O)N(Cc2cccs2)C2CC2)c(N)n1. The zero-order valence-electron chi connectivity index (χ0n) is 11.8. The predicted octanol–water partition coefficient (Wildman–Crippen LogP) is 1.90. The molecule has 114 valence electrons. The van der Waals surface area contributed by atoms with Crippen molar-refractivity contribution >= 4 is 27.2 Å². The molecule has 1 saturated carbocycles. The Morgan fingerprint density at radius 2 is 2.29 bits per heavy atom. The predicted molar refractivity (Wildman–Crippen MR) is 82.4 cm³/mol. The van der Waals surface area contributed by atoms with E-state index in [4.69, 9.17) is 5.73 Å². The molecule has 0 unspecified atom stereocenters. The van der Waals surface area contributed by atoms with Crippen LogP contribution in [0.25, 0.3) is 0 Å². The van der Waals surface area contributed by atoms with Crippen LogP contribution in [0.5, 0.6) is 0 Å². The van der Waals surface area contributed by atoms with E-state index in [0.717, 1.165) is 17.7 Å². The Labute approximate surface area is 128 Å². The van der Waals surface area contributed by atoms with Gasteiger partial charge in [0.2, 0.25) is 10.0 Å². The zero-order chi connectivity index (χ0) is 15.0. The van der Waals surface area contributed by atoms with Gasteiger partial charge in [0.25, 0.3) is 0 Å². The van der Waals surface area contributed by atoms with E-state index < -0.39 is 10.0 Å². The lowest BCUT2D eigenvalue weighted by Gasteiger charge is -2.20. The summed E-state index contributed by atoms with van der Waals surface area (Å²) in [6.07, 6.45) is 3.34. The van der Waals surface area contributed by atoms with Crippen molar-refractivity contribution in [2.45, 2.75) is 43.8 Å². The maximum absolute atomic E-state index is 12.9. The second-order valence-corrected chi connectivity index (χ2v) is 7.99. The summed E-state index contributed by atoms with van der Waals surface area (Å²) < 4.78 is 28.9. The quantitative estimate of drug-likeness (QED) is 0.879. The summed E-state index contributed by atoms with van der Waals surface area (Å²) in [4.78, 5) is 1.15. The Morgan fingerprint density at radius 3 is 2.81 bits per heavy atom. The molecule has 2 N–H and O–H groups in total. The fourth-order valence-corrected chi connectivity index (χ4v) is 4.74. The van der Waals surface area contributed by atoms with E-state index in [2.05, 4.69) is 5.10 Å². The molecule has 0 amide bonds. The van der Waals surface area contributed by atoms with Crippen molar-refractivity contribution < 1.29 is 8.42 Å². The van der Waals surface area contributed by atoms with Crippen LogP contribution in [-0.2, 0) is 23.1 Å². The van der Waals surface area contributed by atoms with Crippen LogP contribution in [0.15, 0.2) is 28.6 Å². The summed E-state index contributed by atoms with van der Waals surface area (Å²) >= 11 is 1.56. The number of anilines is 1. The van der Waals surface area contributed by atoms with E-state index in [1.165, 1.54) is 6.20 Å². The lowest BCUT2D eigenvalue weighted by atomic mass is 10.4. The number of nitrogens with two attached hydrogens (primary N) is 1. The summed E-state index contributed by atoms with van der Waals surface area (Å²) in [5.74, 6) is 0.0775. The van der Waals surface area contributed by atoms with Gasteiger partial charge in [-0.3, -0.25) is 4.68 Å². The lowest BCUT2D eigenvalue weighted by molar-refractivity contribution is 0.401. The minimum absolute atomic E-state index is 0.0775. The van der Waals surface area contributed by atoms with E-state index >= 15 is 0 Å². The first-order chi connectivity index (χ1) is 10.0. The number of hydrogen-bond donors (Lipinski definition) is 1. The van der Waals surface area contributed by atoms with E-state index in [-0.39, 0.29) is 16.8 Å². The minimum atomic E-state index is -3.60. The Bertz CT molecular complexity index is 717. The monoisotopic (exact) mass is 326 g/mol. The maximum atomic E-state index is 12.9. The van der Waals surface area contributed by atoms with E-state index in [9.17, 15) is 8.42 Å². The molecule has 6 nitrogen and oxygen atoms in total. The molecule has 8 heteroatoms. The number of thiophene rings is 1. The molecule has 21 heavy (non-hydrogen) atoms. The Hall–Kier alpha value is -1.38. The first-order valence-electron chi connectivity index (χ1n) is 6.89. The second-order valence-electron chi connectivity index (χ2n) is 5.10. The molecule has 0 bridgehead atoms. The van der Waals surface area contributed by atoms with Crippen LogP contribution >= 0.6 is 11.3 Å². The third-order valence-corrected chi connectivity index (χ3v) is 6.29. The van der Waals surface area contributed by atoms with Crippen molar-refractivity contribution in [3.8, 4) is 0 Å². The van der Waals surface area contributed by atoms with Crippen molar-refractivity contribution in [2.75, 3.05) is 5.73 Å². The van der Waals surface area contributed by atoms with E-state index in [1.54, 1.807) is 20.3 Å². The van der Waals surface area contributed by atoms with Crippen LogP contribution in [0, 0.1) is 0 Å². The van der Waals surface area contributed by atoms with Gasteiger partial charge in [0.15, 0.2) is 5.82 Å². The molecule has 3 rings (SSSR count). The van der Waals surface area contributed by atoms with Crippen LogP contribution in [0.3, 0.4) is 0 Å². The van der Waals surface area contributed by atoms with Gasteiger partial charge in [0.1, 0.15) is 4.90 Å². The van der Waals surface area contributed by atoms with Gasteiger partial charge in [-0.2, -0.15) is 9.40 Å². The van der Waals surface area contributed by atoms with E-state index in [0.29, 0.717) is 13.1 Å². The molecule has 0 saturated heterocycles. The van der Waals surface area contributed by atoms with Gasteiger partial charge in [0.05, 0.1) is 0 Å². The third kappa shape index (κ3) is 2.83. The third-order valence-electron chi connectivity index (χ3n) is 3.51. The molecule has 1 aliphatic rings. The molecule has 0 radical (unpaired) electrons. The highest BCUT2D eigenvalue weighted by atomic mass is 32.2. The summed E-state index contributed by atoms with van der Waals surface area (Å²) in [6, 6.07) is 3.97. The highest BCUT2D eigenvalue weighted by Gasteiger charge is 2.39. The Kier molecular flexibility index (Phi) is 3.76. The van der Waals surface area contributed by atoms with Gasteiger partial charge >= 0.3 is 0 Å². The summed E-state index contributed by atoms with van der Waals surface area (Å²) in [6.45, 7) is 2.89. The normalized spacial score (nSPS) is 15.7. The molecular formula is C13H18N4O2S2. The number of sulfonamides is 1. The lowest BCUT2D eigenvalue weighted by Crippen LogP contribution is -2.32. The Morgan fingerprint density at radius 1 is 1.52 bits per heavy atom. The van der Waals surface area contributed by atoms with Crippen LogP contribution in [0.2, 0.25) is 0 Å². The van der Waals surface area contributed by atoms with Crippen LogP contribution in [0.1, 0.15) is 24.6 Å². The number of nitrogen functional groups attached to an aromatic ring is 1. The van der Waals surface area contributed by atoms with Gasteiger partial charge in [0, 0.05) is 30.2 Å². The Balaban J connectivity index is 1.95. The largest absolute Gasteiger partial charge is 0.381 e. The highest BCUT2D eigenvalue weighted by Crippen LogP contribution is 2.35.